The Kier molecular flexibility index (Phi) is 3.97. The molecule has 3 heteroatoms. The lowest BCUT2D eigenvalue weighted by molar-refractivity contribution is 0.910. The second-order valence-corrected chi connectivity index (χ2v) is 7.85. The molecule has 3 nitrogen and oxygen atoms in total. The highest BCUT2D eigenvalue weighted by Gasteiger charge is 2.18. The molecule has 2 heterocycles. The minimum absolute atomic E-state index is 0.942. The van der Waals surface area contributed by atoms with Crippen LogP contribution in [0.4, 0.5) is 0 Å². The highest BCUT2D eigenvalue weighted by atomic mass is 15.0. The maximum Gasteiger partial charge on any atom is 0.140 e. The molecule has 140 valence electrons. The zero-order chi connectivity index (χ0) is 19.3. The Bertz CT molecular complexity index is 1160. The Balaban J connectivity index is 1.59. The number of hydrogen-bond acceptors (Lipinski definition) is 1. The normalized spacial score (nSPS) is 13.1. The van der Waals surface area contributed by atoms with E-state index in [2.05, 4.69) is 78.9 Å². The summed E-state index contributed by atoms with van der Waals surface area (Å²) in [6.07, 6.45) is 3.70. The van der Waals surface area contributed by atoms with Gasteiger partial charge in [0, 0.05) is 33.9 Å². The fourth-order valence-corrected chi connectivity index (χ4v) is 4.56. The van der Waals surface area contributed by atoms with Gasteiger partial charge in [-0.1, -0.05) is 36.4 Å². The summed E-state index contributed by atoms with van der Waals surface area (Å²) < 4.78 is 2.36. The molecule has 0 fully saturated rings. The highest BCUT2D eigenvalue weighted by Crippen LogP contribution is 2.32. The van der Waals surface area contributed by atoms with E-state index >= 15 is 0 Å². The van der Waals surface area contributed by atoms with Crippen LogP contribution in [0, 0.1) is 20.8 Å². The average molecular weight is 367 g/mol. The van der Waals surface area contributed by atoms with Crippen LogP contribution in [0.25, 0.3) is 28.3 Å². The van der Waals surface area contributed by atoms with E-state index in [9.17, 15) is 0 Å². The van der Waals surface area contributed by atoms with Crippen molar-refractivity contribution in [2.45, 2.75) is 40.0 Å². The van der Waals surface area contributed by atoms with Gasteiger partial charge >= 0.3 is 0 Å². The van der Waals surface area contributed by atoms with E-state index in [0.29, 0.717) is 0 Å². The van der Waals surface area contributed by atoms with Gasteiger partial charge in [0.2, 0.25) is 0 Å². The largest absolute Gasteiger partial charge is 0.341 e. The van der Waals surface area contributed by atoms with Gasteiger partial charge in [-0.2, -0.15) is 0 Å². The van der Waals surface area contributed by atoms with E-state index in [1.807, 2.05) is 6.07 Å². The van der Waals surface area contributed by atoms with Crippen molar-refractivity contribution in [3.8, 4) is 28.3 Å². The molecule has 4 aromatic rings. The van der Waals surface area contributed by atoms with Crippen molar-refractivity contribution in [1.29, 1.82) is 0 Å². The van der Waals surface area contributed by atoms with Crippen molar-refractivity contribution in [1.82, 2.24) is 14.5 Å². The van der Waals surface area contributed by atoms with Crippen LogP contribution in [0.1, 0.15) is 34.6 Å². The van der Waals surface area contributed by atoms with E-state index in [0.717, 1.165) is 22.8 Å². The van der Waals surface area contributed by atoms with Gasteiger partial charge in [-0.25, -0.2) is 4.98 Å². The molecule has 0 unspecified atom stereocenters. The van der Waals surface area contributed by atoms with Gasteiger partial charge in [0.15, 0.2) is 0 Å². The van der Waals surface area contributed by atoms with E-state index in [4.69, 9.17) is 4.98 Å². The SMILES string of the molecule is Cc1[nH]c(-c2cc(C)n(-c3ccc4c(c3)CCC4)c2C)nc1-c1ccccc1. The summed E-state index contributed by atoms with van der Waals surface area (Å²) >= 11 is 0. The Morgan fingerprint density at radius 1 is 0.893 bits per heavy atom. The molecule has 0 spiro atoms. The first kappa shape index (κ1) is 17.1. The summed E-state index contributed by atoms with van der Waals surface area (Å²) in [5, 5.41) is 0. The van der Waals surface area contributed by atoms with Gasteiger partial charge in [0.05, 0.1) is 5.69 Å². The van der Waals surface area contributed by atoms with Crippen LogP contribution in [0.15, 0.2) is 54.6 Å². The predicted octanol–water partition coefficient (Wildman–Crippen LogP) is 5.95. The van der Waals surface area contributed by atoms with Crippen molar-refractivity contribution in [3.63, 3.8) is 0 Å². The minimum atomic E-state index is 0.942. The van der Waals surface area contributed by atoms with Gasteiger partial charge in [-0.15, -0.1) is 0 Å². The quantitative estimate of drug-likeness (QED) is 0.477. The van der Waals surface area contributed by atoms with E-state index < -0.39 is 0 Å². The second-order valence-electron chi connectivity index (χ2n) is 7.85. The molecule has 2 aromatic heterocycles. The summed E-state index contributed by atoms with van der Waals surface area (Å²) in [5.41, 5.74) is 11.2. The lowest BCUT2D eigenvalue weighted by atomic mass is 10.1. The van der Waals surface area contributed by atoms with Crippen LogP contribution >= 0.6 is 0 Å². The maximum atomic E-state index is 4.95. The maximum absolute atomic E-state index is 4.95. The first-order valence-electron chi connectivity index (χ1n) is 10.1. The summed E-state index contributed by atoms with van der Waals surface area (Å²) in [4.78, 5) is 8.46. The third kappa shape index (κ3) is 2.70. The zero-order valence-corrected chi connectivity index (χ0v) is 16.7. The number of aromatic nitrogens is 3. The van der Waals surface area contributed by atoms with Crippen molar-refractivity contribution in [3.05, 3.63) is 82.8 Å². The van der Waals surface area contributed by atoms with Crippen LogP contribution in [0.5, 0.6) is 0 Å². The highest BCUT2D eigenvalue weighted by molar-refractivity contribution is 5.69. The molecule has 1 aliphatic carbocycles. The van der Waals surface area contributed by atoms with E-state index in [1.165, 1.54) is 53.0 Å². The summed E-state index contributed by atoms with van der Waals surface area (Å²) in [6.45, 7) is 6.46. The monoisotopic (exact) mass is 367 g/mol. The molecule has 0 saturated heterocycles. The standard InChI is InChI=1S/C25H25N3/c1-16-14-23(25-26-17(2)24(27-25)20-8-5-4-6-9-20)18(3)28(16)22-13-12-19-10-7-11-21(19)15-22/h4-6,8-9,12-15H,7,10-11H2,1-3H3,(H,26,27). The number of nitrogens with zero attached hydrogens (tertiary/aromatic N) is 2. The number of fused-ring (bicyclic) bond motifs is 1. The molecule has 1 aliphatic rings. The summed E-state index contributed by atoms with van der Waals surface area (Å²) in [7, 11) is 0. The molecular weight excluding hydrogens is 342 g/mol. The van der Waals surface area contributed by atoms with E-state index in [-0.39, 0.29) is 0 Å². The van der Waals surface area contributed by atoms with Crippen molar-refractivity contribution in [2.24, 2.45) is 0 Å². The van der Waals surface area contributed by atoms with Gasteiger partial charge in [-0.05, 0) is 69.4 Å². The van der Waals surface area contributed by atoms with Crippen LogP contribution in [0.2, 0.25) is 0 Å². The lowest BCUT2D eigenvalue weighted by Crippen LogP contribution is -2.00. The minimum Gasteiger partial charge on any atom is -0.341 e. The molecule has 0 atom stereocenters. The third-order valence-electron chi connectivity index (χ3n) is 5.96. The predicted molar refractivity (Wildman–Crippen MR) is 115 cm³/mol. The smallest absolute Gasteiger partial charge is 0.140 e. The Hall–Kier alpha value is -3.07. The van der Waals surface area contributed by atoms with Crippen LogP contribution < -0.4 is 0 Å². The van der Waals surface area contributed by atoms with E-state index in [1.54, 1.807) is 0 Å². The Morgan fingerprint density at radius 2 is 1.68 bits per heavy atom. The third-order valence-corrected chi connectivity index (χ3v) is 5.96. The number of aromatic amines is 1. The molecule has 28 heavy (non-hydrogen) atoms. The number of hydrogen-bond donors (Lipinski definition) is 1. The molecule has 5 rings (SSSR count). The molecule has 0 bridgehead atoms. The fraction of sp³-hybridized carbons (Fsp3) is 0.240. The van der Waals surface area contributed by atoms with Crippen LogP contribution in [0.3, 0.4) is 0 Å². The van der Waals surface area contributed by atoms with Crippen molar-refractivity contribution >= 4 is 0 Å². The molecule has 0 saturated carbocycles. The van der Waals surface area contributed by atoms with Gasteiger partial charge in [0.25, 0.3) is 0 Å². The van der Waals surface area contributed by atoms with Gasteiger partial charge < -0.3 is 9.55 Å². The lowest BCUT2D eigenvalue weighted by Gasteiger charge is -2.11. The number of H-pyrrole nitrogens is 1. The van der Waals surface area contributed by atoms with Gasteiger partial charge in [-0.3, -0.25) is 0 Å². The number of nitrogens with one attached hydrogen (secondary N) is 1. The Labute approximate surface area is 166 Å². The molecule has 2 aromatic carbocycles. The number of rotatable bonds is 3. The fourth-order valence-electron chi connectivity index (χ4n) is 4.56. The summed E-state index contributed by atoms with van der Waals surface area (Å²) in [6, 6.07) is 19.6. The zero-order valence-electron chi connectivity index (χ0n) is 16.7. The summed E-state index contributed by atoms with van der Waals surface area (Å²) in [5.74, 6) is 0.942. The van der Waals surface area contributed by atoms with Crippen molar-refractivity contribution in [2.75, 3.05) is 0 Å². The molecular formula is C25H25N3. The number of benzene rings is 2. The molecule has 0 amide bonds. The van der Waals surface area contributed by atoms with Crippen molar-refractivity contribution < 1.29 is 0 Å². The molecule has 0 radical (unpaired) electrons. The first-order chi connectivity index (χ1) is 13.6. The van der Waals surface area contributed by atoms with Crippen LogP contribution in [-0.4, -0.2) is 14.5 Å². The Morgan fingerprint density at radius 3 is 2.50 bits per heavy atom. The number of aryl methyl sites for hydroxylation is 4. The second kappa shape index (κ2) is 6.52. The molecule has 1 N–H and O–H groups in total. The van der Waals surface area contributed by atoms with Gasteiger partial charge in [0.1, 0.15) is 5.82 Å². The first-order valence-corrected chi connectivity index (χ1v) is 10.1. The average Bonchev–Trinajstić information content (AvgIpc) is 3.39. The number of imidazole rings is 1. The topological polar surface area (TPSA) is 33.6 Å². The van der Waals surface area contributed by atoms with Crippen LogP contribution in [-0.2, 0) is 12.8 Å². The molecule has 0 aliphatic heterocycles.